The Morgan fingerprint density at radius 2 is 2.18 bits per heavy atom. The fourth-order valence-electron chi connectivity index (χ4n) is 1.91. The highest BCUT2D eigenvalue weighted by Crippen LogP contribution is 2.35. The predicted molar refractivity (Wildman–Crippen MR) is 65.1 cm³/mol. The van der Waals surface area contributed by atoms with Crippen molar-refractivity contribution in [1.82, 2.24) is 9.97 Å². The Morgan fingerprint density at radius 1 is 1.41 bits per heavy atom. The van der Waals surface area contributed by atoms with E-state index < -0.39 is 0 Å². The number of methoxy groups -OCH3 is 2. The highest BCUT2D eigenvalue weighted by Gasteiger charge is 2.36. The first-order chi connectivity index (χ1) is 8.17. The van der Waals surface area contributed by atoms with Gasteiger partial charge in [-0.05, 0) is 19.3 Å². The molecule has 0 aromatic carbocycles. The van der Waals surface area contributed by atoms with E-state index in [1.165, 1.54) is 6.42 Å². The zero-order chi connectivity index (χ0) is 12.3. The third-order valence-electron chi connectivity index (χ3n) is 3.22. The van der Waals surface area contributed by atoms with Crippen LogP contribution >= 0.6 is 0 Å². The monoisotopic (exact) mass is 238 g/mol. The SMILES string of the molecule is COc1cc(NCC2(OC)CCC2)nc(N)n1. The Labute approximate surface area is 101 Å². The van der Waals surface area contributed by atoms with Gasteiger partial charge in [-0.15, -0.1) is 0 Å². The van der Waals surface area contributed by atoms with E-state index in [9.17, 15) is 0 Å². The largest absolute Gasteiger partial charge is 0.481 e. The summed E-state index contributed by atoms with van der Waals surface area (Å²) in [6, 6.07) is 1.72. The van der Waals surface area contributed by atoms with E-state index in [0.29, 0.717) is 11.7 Å². The number of nitrogens with zero attached hydrogens (tertiary/aromatic N) is 2. The topological polar surface area (TPSA) is 82.3 Å². The van der Waals surface area contributed by atoms with Gasteiger partial charge in [0.2, 0.25) is 11.8 Å². The maximum absolute atomic E-state index is 5.58. The molecule has 0 aliphatic heterocycles. The minimum absolute atomic E-state index is 0.0487. The number of aromatic nitrogens is 2. The van der Waals surface area contributed by atoms with Crippen molar-refractivity contribution in [2.75, 3.05) is 31.8 Å². The van der Waals surface area contributed by atoms with Crippen molar-refractivity contribution in [3.63, 3.8) is 0 Å². The van der Waals surface area contributed by atoms with E-state index in [2.05, 4.69) is 15.3 Å². The summed E-state index contributed by atoms with van der Waals surface area (Å²) in [4.78, 5) is 8.02. The molecule has 0 amide bonds. The number of nitrogens with two attached hydrogens (primary N) is 1. The van der Waals surface area contributed by atoms with Crippen LogP contribution in [0.2, 0.25) is 0 Å². The maximum atomic E-state index is 5.58. The molecule has 6 heteroatoms. The minimum atomic E-state index is -0.0487. The molecular formula is C11H18N4O2. The lowest BCUT2D eigenvalue weighted by molar-refractivity contribution is -0.0601. The molecule has 1 aromatic rings. The van der Waals surface area contributed by atoms with Crippen LogP contribution in [-0.2, 0) is 4.74 Å². The fraction of sp³-hybridized carbons (Fsp3) is 0.636. The second-order valence-corrected chi connectivity index (χ2v) is 4.25. The van der Waals surface area contributed by atoms with Crippen molar-refractivity contribution in [2.24, 2.45) is 0 Å². The van der Waals surface area contributed by atoms with Gasteiger partial charge in [-0.1, -0.05) is 0 Å². The number of nitrogen functional groups attached to an aromatic ring is 1. The van der Waals surface area contributed by atoms with Gasteiger partial charge in [0.25, 0.3) is 0 Å². The zero-order valence-corrected chi connectivity index (χ0v) is 10.2. The van der Waals surface area contributed by atoms with Crippen LogP contribution in [-0.4, -0.2) is 36.3 Å². The molecular weight excluding hydrogens is 220 g/mol. The van der Waals surface area contributed by atoms with Crippen molar-refractivity contribution >= 4 is 11.8 Å². The Balaban J connectivity index is 2.01. The van der Waals surface area contributed by atoms with E-state index in [-0.39, 0.29) is 11.5 Å². The zero-order valence-electron chi connectivity index (χ0n) is 10.2. The molecule has 0 atom stereocenters. The molecule has 0 saturated heterocycles. The first-order valence-electron chi connectivity index (χ1n) is 5.65. The van der Waals surface area contributed by atoms with E-state index in [4.69, 9.17) is 15.2 Å². The number of hydrogen-bond acceptors (Lipinski definition) is 6. The molecule has 1 aliphatic rings. The van der Waals surface area contributed by atoms with Crippen LogP contribution in [0.1, 0.15) is 19.3 Å². The van der Waals surface area contributed by atoms with Crippen LogP contribution in [0.25, 0.3) is 0 Å². The second kappa shape index (κ2) is 4.75. The highest BCUT2D eigenvalue weighted by atomic mass is 16.5. The quantitative estimate of drug-likeness (QED) is 0.797. The van der Waals surface area contributed by atoms with E-state index in [0.717, 1.165) is 19.4 Å². The van der Waals surface area contributed by atoms with Crippen molar-refractivity contribution in [2.45, 2.75) is 24.9 Å². The molecule has 1 saturated carbocycles. The average molecular weight is 238 g/mol. The summed E-state index contributed by atoms with van der Waals surface area (Å²) in [6.07, 6.45) is 3.37. The van der Waals surface area contributed by atoms with Crippen LogP contribution in [0, 0.1) is 0 Å². The van der Waals surface area contributed by atoms with Gasteiger partial charge < -0.3 is 20.5 Å². The van der Waals surface area contributed by atoms with Gasteiger partial charge in [-0.2, -0.15) is 9.97 Å². The van der Waals surface area contributed by atoms with Crippen LogP contribution in [0.5, 0.6) is 5.88 Å². The molecule has 2 rings (SSSR count). The predicted octanol–water partition coefficient (Wildman–Crippen LogP) is 1.05. The lowest BCUT2D eigenvalue weighted by Crippen LogP contribution is -2.45. The van der Waals surface area contributed by atoms with E-state index in [1.54, 1.807) is 20.3 Å². The molecule has 1 heterocycles. The Kier molecular flexibility index (Phi) is 3.33. The van der Waals surface area contributed by atoms with Crippen LogP contribution < -0.4 is 15.8 Å². The molecule has 94 valence electrons. The molecule has 6 nitrogen and oxygen atoms in total. The summed E-state index contributed by atoms with van der Waals surface area (Å²) in [7, 11) is 3.30. The fourth-order valence-corrected chi connectivity index (χ4v) is 1.91. The summed E-state index contributed by atoms with van der Waals surface area (Å²) in [5.41, 5.74) is 5.53. The lowest BCUT2D eigenvalue weighted by atomic mass is 9.80. The molecule has 0 unspecified atom stereocenters. The number of hydrogen-bond donors (Lipinski definition) is 2. The third-order valence-corrected chi connectivity index (χ3v) is 3.22. The molecule has 0 bridgehead atoms. The van der Waals surface area contributed by atoms with Crippen molar-refractivity contribution < 1.29 is 9.47 Å². The van der Waals surface area contributed by atoms with Gasteiger partial charge in [0, 0.05) is 19.7 Å². The Morgan fingerprint density at radius 3 is 2.71 bits per heavy atom. The van der Waals surface area contributed by atoms with Gasteiger partial charge in [-0.25, -0.2) is 0 Å². The van der Waals surface area contributed by atoms with Gasteiger partial charge in [0.1, 0.15) is 5.82 Å². The van der Waals surface area contributed by atoms with Gasteiger partial charge in [-0.3, -0.25) is 0 Å². The first-order valence-corrected chi connectivity index (χ1v) is 5.65. The first kappa shape index (κ1) is 11.9. The summed E-state index contributed by atoms with van der Waals surface area (Å²) >= 11 is 0. The van der Waals surface area contributed by atoms with Crippen molar-refractivity contribution in [3.8, 4) is 5.88 Å². The maximum Gasteiger partial charge on any atom is 0.225 e. The standard InChI is InChI=1S/C11H18N4O2/c1-16-9-6-8(14-10(12)15-9)13-7-11(17-2)4-3-5-11/h6H,3-5,7H2,1-2H3,(H3,12,13,14,15). The molecule has 0 spiro atoms. The molecule has 1 aromatic heterocycles. The van der Waals surface area contributed by atoms with Crippen molar-refractivity contribution in [1.29, 1.82) is 0 Å². The number of nitrogens with one attached hydrogen (secondary N) is 1. The van der Waals surface area contributed by atoms with Crippen LogP contribution in [0.3, 0.4) is 0 Å². The van der Waals surface area contributed by atoms with Gasteiger partial charge in [0.05, 0.1) is 12.7 Å². The smallest absolute Gasteiger partial charge is 0.225 e. The molecule has 17 heavy (non-hydrogen) atoms. The van der Waals surface area contributed by atoms with Crippen LogP contribution in [0.4, 0.5) is 11.8 Å². The normalized spacial score (nSPS) is 17.3. The Hall–Kier alpha value is -1.56. The molecule has 3 N–H and O–H groups in total. The molecule has 1 aliphatic carbocycles. The number of ether oxygens (including phenoxy) is 2. The van der Waals surface area contributed by atoms with E-state index in [1.807, 2.05) is 0 Å². The summed E-state index contributed by atoms with van der Waals surface area (Å²) < 4.78 is 10.5. The third kappa shape index (κ3) is 2.58. The van der Waals surface area contributed by atoms with Gasteiger partial charge >= 0.3 is 0 Å². The van der Waals surface area contributed by atoms with E-state index >= 15 is 0 Å². The summed E-state index contributed by atoms with van der Waals surface area (Å²) in [5, 5.41) is 3.22. The second-order valence-electron chi connectivity index (χ2n) is 4.25. The molecule has 0 radical (unpaired) electrons. The highest BCUT2D eigenvalue weighted by molar-refractivity contribution is 5.43. The number of anilines is 2. The summed E-state index contributed by atoms with van der Waals surface area (Å²) in [6.45, 7) is 0.725. The van der Waals surface area contributed by atoms with Crippen LogP contribution in [0.15, 0.2) is 6.07 Å². The lowest BCUT2D eigenvalue weighted by Gasteiger charge is -2.40. The van der Waals surface area contributed by atoms with Gasteiger partial charge in [0.15, 0.2) is 0 Å². The summed E-state index contributed by atoms with van der Waals surface area (Å²) in [5.74, 6) is 1.32. The Bertz CT molecular complexity index is 388. The van der Waals surface area contributed by atoms with Crippen molar-refractivity contribution in [3.05, 3.63) is 6.07 Å². The number of rotatable bonds is 5. The minimum Gasteiger partial charge on any atom is -0.481 e. The average Bonchev–Trinajstić information content (AvgIpc) is 2.27. The molecule has 1 fully saturated rings.